The summed E-state index contributed by atoms with van der Waals surface area (Å²) in [6.45, 7) is 9.03. The van der Waals surface area contributed by atoms with E-state index in [0.29, 0.717) is 12.0 Å². The molecule has 1 rings (SSSR count). The van der Waals surface area contributed by atoms with Crippen molar-refractivity contribution >= 4 is 5.97 Å². The van der Waals surface area contributed by atoms with Gasteiger partial charge in [0.15, 0.2) is 0 Å². The molecule has 0 unspecified atom stereocenters. The van der Waals surface area contributed by atoms with Crippen LogP contribution in [0, 0.1) is 11.8 Å². The van der Waals surface area contributed by atoms with Gasteiger partial charge in [-0.25, -0.2) is 0 Å². The van der Waals surface area contributed by atoms with Gasteiger partial charge in [-0.3, -0.25) is 4.79 Å². The second-order valence-electron chi connectivity index (χ2n) is 5.64. The Morgan fingerprint density at radius 1 is 1.29 bits per heavy atom. The molecule has 1 aliphatic carbocycles. The second kappa shape index (κ2) is 7.00. The van der Waals surface area contributed by atoms with E-state index in [0.717, 1.165) is 38.8 Å². The van der Waals surface area contributed by atoms with Crippen LogP contribution < -0.4 is 0 Å². The maximum Gasteiger partial charge on any atom is 0.306 e. The maximum absolute atomic E-state index is 10.9. The first-order valence-electron chi connectivity index (χ1n) is 7.01. The quantitative estimate of drug-likeness (QED) is 0.777. The third kappa shape index (κ3) is 4.66. The van der Waals surface area contributed by atoms with Crippen molar-refractivity contribution in [1.82, 2.24) is 4.90 Å². The number of nitrogens with zero attached hydrogens (tertiary/aromatic N) is 1. The molecule has 0 heterocycles. The fourth-order valence-electron chi connectivity index (χ4n) is 2.77. The highest BCUT2D eigenvalue weighted by molar-refractivity contribution is 5.69. The molecule has 0 aromatic carbocycles. The molecule has 1 N–H and O–H groups in total. The summed E-state index contributed by atoms with van der Waals surface area (Å²) in [7, 11) is 0. The molecule has 100 valence electrons. The van der Waals surface area contributed by atoms with E-state index in [9.17, 15) is 4.79 Å². The zero-order valence-corrected chi connectivity index (χ0v) is 11.5. The van der Waals surface area contributed by atoms with E-state index in [4.69, 9.17) is 5.11 Å². The molecule has 1 saturated carbocycles. The van der Waals surface area contributed by atoms with Gasteiger partial charge >= 0.3 is 5.97 Å². The van der Waals surface area contributed by atoms with Crippen LogP contribution >= 0.6 is 0 Å². The minimum atomic E-state index is -0.599. The van der Waals surface area contributed by atoms with Gasteiger partial charge in [0, 0.05) is 12.6 Å². The fourth-order valence-corrected chi connectivity index (χ4v) is 2.77. The highest BCUT2D eigenvalue weighted by Crippen LogP contribution is 2.29. The number of carbonyl (C=O) groups is 1. The van der Waals surface area contributed by atoms with Crippen LogP contribution in [-0.2, 0) is 4.79 Å². The third-order valence-corrected chi connectivity index (χ3v) is 3.93. The average molecular weight is 241 g/mol. The van der Waals surface area contributed by atoms with Crippen molar-refractivity contribution in [3.63, 3.8) is 0 Å². The summed E-state index contributed by atoms with van der Waals surface area (Å²) >= 11 is 0. The van der Waals surface area contributed by atoms with Crippen LogP contribution in [0.5, 0.6) is 0 Å². The van der Waals surface area contributed by atoms with E-state index in [2.05, 4.69) is 25.7 Å². The Bertz CT molecular complexity index is 232. The lowest BCUT2D eigenvalue weighted by Crippen LogP contribution is -2.37. The van der Waals surface area contributed by atoms with Gasteiger partial charge in [-0.05, 0) is 58.4 Å². The standard InChI is InChI=1S/C14H27NO2/c1-4-9-15(11(2)3)10-12-5-7-13(8-6-12)14(16)17/h11-13H,4-10H2,1-3H3,(H,16,17). The number of carboxylic acids is 1. The summed E-state index contributed by atoms with van der Waals surface area (Å²) in [6, 6.07) is 0.604. The van der Waals surface area contributed by atoms with Crippen molar-refractivity contribution in [2.75, 3.05) is 13.1 Å². The van der Waals surface area contributed by atoms with Gasteiger partial charge in [-0.15, -0.1) is 0 Å². The molecule has 17 heavy (non-hydrogen) atoms. The normalized spacial score (nSPS) is 25.5. The molecule has 3 heteroatoms. The van der Waals surface area contributed by atoms with Gasteiger partial charge in [-0.1, -0.05) is 6.92 Å². The maximum atomic E-state index is 10.9. The first-order valence-corrected chi connectivity index (χ1v) is 7.01. The molecule has 0 spiro atoms. The van der Waals surface area contributed by atoms with Crippen LogP contribution in [0.4, 0.5) is 0 Å². The van der Waals surface area contributed by atoms with Gasteiger partial charge in [0.1, 0.15) is 0 Å². The van der Waals surface area contributed by atoms with Crippen molar-refractivity contribution in [3.05, 3.63) is 0 Å². The van der Waals surface area contributed by atoms with Crippen molar-refractivity contribution < 1.29 is 9.90 Å². The van der Waals surface area contributed by atoms with Gasteiger partial charge in [-0.2, -0.15) is 0 Å². The molecule has 0 bridgehead atoms. The van der Waals surface area contributed by atoms with Crippen LogP contribution in [0.3, 0.4) is 0 Å². The van der Waals surface area contributed by atoms with E-state index < -0.39 is 5.97 Å². The zero-order chi connectivity index (χ0) is 12.8. The molecule has 1 fully saturated rings. The van der Waals surface area contributed by atoms with Crippen molar-refractivity contribution in [1.29, 1.82) is 0 Å². The molecule has 0 amide bonds. The monoisotopic (exact) mass is 241 g/mol. The van der Waals surface area contributed by atoms with Crippen LogP contribution in [0.15, 0.2) is 0 Å². The first-order chi connectivity index (χ1) is 8.04. The molecule has 0 aromatic rings. The SMILES string of the molecule is CCCN(CC1CCC(C(=O)O)CC1)C(C)C. The van der Waals surface area contributed by atoms with Crippen LogP contribution in [0.2, 0.25) is 0 Å². The molecule has 0 radical (unpaired) electrons. The summed E-state index contributed by atoms with van der Waals surface area (Å²) in [5.74, 6) is 0.0298. The number of aliphatic carboxylic acids is 1. The Kier molecular flexibility index (Phi) is 5.96. The van der Waals surface area contributed by atoms with E-state index in [-0.39, 0.29) is 5.92 Å². The zero-order valence-electron chi connectivity index (χ0n) is 11.5. The lowest BCUT2D eigenvalue weighted by atomic mass is 9.81. The minimum Gasteiger partial charge on any atom is -0.481 e. The Morgan fingerprint density at radius 2 is 1.88 bits per heavy atom. The van der Waals surface area contributed by atoms with Crippen LogP contribution in [0.1, 0.15) is 52.9 Å². The van der Waals surface area contributed by atoms with Crippen LogP contribution in [-0.4, -0.2) is 35.1 Å². The summed E-state index contributed by atoms with van der Waals surface area (Å²) in [6.07, 6.45) is 5.12. The fraction of sp³-hybridized carbons (Fsp3) is 0.929. The average Bonchev–Trinajstić information content (AvgIpc) is 2.29. The van der Waals surface area contributed by atoms with Crippen molar-refractivity contribution in [2.45, 2.75) is 58.9 Å². The molecule has 0 aliphatic heterocycles. The van der Waals surface area contributed by atoms with Crippen molar-refractivity contribution in [3.8, 4) is 0 Å². The Hall–Kier alpha value is -0.570. The number of carboxylic acid groups (broad SMARTS) is 1. The molecule has 0 atom stereocenters. The topological polar surface area (TPSA) is 40.5 Å². The number of hydrogen-bond acceptors (Lipinski definition) is 2. The molecular weight excluding hydrogens is 214 g/mol. The summed E-state index contributed by atoms with van der Waals surface area (Å²) in [4.78, 5) is 13.4. The van der Waals surface area contributed by atoms with E-state index in [1.807, 2.05) is 0 Å². The van der Waals surface area contributed by atoms with E-state index in [1.54, 1.807) is 0 Å². The third-order valence-electron chi connectivity index (χ3n) is 3.93. The van der Waals surface area contributed by atoms with Gasteiger partial charge in [0.25, 0.3) is 0 Å². The highest BCUT2D eigenvalue weighted by atomic mass is 16.4. The summed E-state index contributed by atoms with van der Waals surface area (Å²) in [5.41, 5.74) is 0. The van der Waals surface area contributed by atoms with Gasteiger partial charge in [0.2, 0.25) is 0 Å². The highest BCUT2D eigenvalue weighted by Gasteiger charge is 2.27. The molecule has 0 aromatic heterocycles. The van der Waals surface area contributed by atoms with Gasteiger partial charge in [0.05, 0.1) is 5.92 Å². The van der Waals surface area contributed by atoms with Gasteiger partial charge < -0.3 is 10.0 Å². The van der Waals surface area contributed by atoms with E-state index in [1.165, 1.54) is 6.42 Å². The predicted molar refractivity (Wildman–Crippen MR) is 70.1 cm³/mol. The van der Waals surface area contributed by atoms with Crippen molar-refractivity contribution in [2.24, 2.45) is 11.8 Å². The van der Waals surface area contributed by atoms with E-state index >= 15 is 0 Å². The predicted octanol–water partition coefficient (Wildman–Crippen LogP) is 3.00. The summed E-state index contributed by atoms with van der Waals surface area (Å²) < 4.78 is 0. The number of hydrogen-bond donors (Lipinski definition) is 1. The molecule has 3 nitrogen and oxygen atoms in total. The Labute approximate surface area is 105 Å². The first kappa shape index (κ1) is 14.5. The summed E-state index contributed by atoms with van der Waals surface area (Å²) in [5, 5.41) is 8.97. The second-order valence-corrected chi connectivity index (χ2v) is 5.64. The molecular formula is C14H27NO2. The smallest absolute Gasteiger partial charge is 0.306 e. The van der Waals surface area contributed by atoms with Crippen LogP contribution in [0.25, 0.3) is 0 Å². The minimum absolute atomic E-state index is 0.0788. The lowest BCUT2D eigenvalue weighted by molar-refractivity contribution is -0.143. The molecule has 0 saturated heterocycles. The molecule has 1 aliphatic rings. The lowest BCUT2D eigenvalue weighted by Gasteiger charge is -2.33. The number of rotatable bonds is 6. The Balaban J connectivity index is 2.35. The largest absolute Gasteiger partial charge is 0.481 e. The Morgan fingerprint density at radius 3 is 2.29 bits per heavy atom.